The largest absolute Gasteiger partial charge is 0.494 e. The number of unbranched alkanes of at least 4 members (excludes halogenated alkanes) is 1. The Balaban J connectivity index is 2.05. The van der Waals surface area contributed by atoms with Crippen LogP contribution in [-0.2, 0) is 26.2 Å². The zero-order valence-electron chi connectivity index (χ0n) is 24.1. The first-order valence-electron chi connectivity index (χ1n) is 13.9. The van der Waals surface area contributed by atoms with Crippen molar-refractivity contribution in [2.75, 3.05) is 24.0 Å². The average Bonchev–Trinajstić information content (AvgIpc) is 2.98. The van der Waals surface area contributed by atoms with Crippen LogP contribution in [0.3, 0.4) is 0 Å². The highest BCUT2D eigenvalue weighted by Crippen LogP contribution is 2.28. The van der Waals surface area contributed by atoms with E-state index in [-0.39, 0.29) is 23.0 Å². The Bertz CT molecular complexity index is 1440. The van der Waals surface area contributed by atoms with Crippen molar-refractivity contribution in [3.63, 3.8) is 0 Å². The number of benzene rings is 3. The lowest BCUT2D eigenvalue weighted by Gasteiger charge is -2.33. The number of carbonyl (C=O) groups excluding carboxylic acids is 2. The number of amides is 2. The van der Waals surface area contributed by atoms with Gasteiger partial charge < -0.3 is 15.0 Å². The van der Waals surface area contributed by atoms with Crippen LogP contribution in [0.5, 0.6) is 5.75 Å². The van der Waals surface area contributed by atoms with Crippen molar-refractivity contribution in [1.82, 2.24) is 10.2 Å². The Hall–Kier alpha value is -3.27. The highest BCUT2D eigenvalue weighted by Gasteiger charge is 2.34. The highest BCUT2D eigenvalue weighted by molar-refractivity contribution is 7.92. The van der Waals surface area contributed by atoms with E-state index in [4.69, 9.17) is 27.9 Å². The second-order valence-corrected chi connectivity index (χ2v) is 12.3. The van der Waals surface area contributed by atoms with Gasteiger partial charge in [-0.15, -0.1) is 0 Å². The maximum atomic E-state index is 14.1. The summed E-state index contributed by atoms with van der Waals surface area (Å²) in [5, 5.41) is 3.67. The smallest absolute Gasteiger partial charge is 0.264 e. The first kappa shape index (κ1) is 33.2. The summed E-state index contributed by atoms with van der Waals surface area (Å²) in [7, 11) is -4.16. The molecule has 0 aliphatic rings. The summed E-state index contributed by atoms with van der Waals surface area (Å²) in [6.07, 6.45) is 2.00. The van der Waals surface area contributed by atoms with E-state index in [9.17, 15) is 18.0 Å². The van der Waals surface area contributed by atoms with Crippen molar-refractivity contribution in [1.29, 1.82) is 0 Å². The van der Waals surface area contributed by atoms with Crippen LogP contribution in [0.2, 0.25) is 10.0 Å². The standard InChI is InChI=1S/C31H37Cl2N3O5S/c1-4-7-19-34-31(38)29(5-2)35(21-23-13-14-24(32)20-28(23)33)30(37)22-36(25-15-17-26(18-16-25)41-6-3)42(39,40)27-11-9-8-10-12-27/h8-18,20,29H,4-7,19,21-22H2,1-3H3,(H,34,38)/t29-/m1/s1. The van der Waals surface area contributed by atoms with E-state index in [0.717, 1.165) is 17.1 Å². The van der Waals surface area contributed by atoms with Gasteiger partial charge in [0.2, 0.25) is 11.8 Å². The number of hydrogen-bond donors (Lipinski definition) is 1. The molecule has 0 unspecified atom stereocenters. The summed E-state index contributed by atoms with van der Waals surface area (Å²) < 4.78 is 34.4. The van der Waals surface area contributed by atoms with Gasteiger partial charge in [-0.3, -0.25) is 13.9 Å². The van der Waals surface area contributed by atoms with Crippen LogP contribution in [0.25, 0.3) is 0 Å². The molecule has 3 aromatic carbocycles. The Morgan fingerprint density at radius 3 is 2.24 bits per heavy atom. The molecule has 0 spiro atoms. The van der Waals surface area contributed by atoms with Gasteiger partial charge in [-0.05, 0) is 73.9 Å². The van der Waals surface area contributed by atoms with Crippen LogP contribution in [0, 0.1) is 0 Å². The van der Waals surface area contributed by atoms with Crippen LogP contribution >= 0.6 is 23.2 Å². The Morgan fingerprint density at radius 2 is 1.64 bits per heavy atom. The molecule has 0 aliphatic carbocycles. The molecule has 1 N–H and O–H groups in total. The Morgan fingerprint density at radius 1 is 0.952 bits per heavy atom. The van der Waals surface area contributed by atoms with E-state index in [1.165, 1.54) is 17.0 Å². The van der Waals surface area contributed by atoms with E-state index < -0.39 is 28.5 Å². The molecule has 0 saturated heterocycles. The van der Waals surface area contributed by atoms with Gasteiger partial charge in [0.25, 0.3) is 10.0 Å². The number of hydrogen-bond acceptors (Lipinski definition) is 5. The molecule has 0 heterocycles. The molecule has 11 heteroatoms. The van der Waals surface area contributed by atoms with Crippen molar-refractivity contribution >= 4 is 50.7 Å². The molecule has 2 amide bonds. The van der Waals surface area contributed by atoms with E-state index in [0.29, 0.717) is 40.9 Å². The van der Waals surface area contributed by atoms with Crippen molar-refractivity contribution in [2.24, 2.45) is 0 Å². The second-order valence-electron chi connectivity index (χ2n) is 9.58. The molecular formula is C31H37Cl2N3O5S. The van der Waals surface area contributed by atoms with Crippen LogP contribution in [0.1, 0.15) is 45.6 Å². The number of anilines is 1. The van der Waals surface area contributed by atoms with Gasteiger partial charge in [-0.1, -0.05) is 67.7 Å². The topological polar surface area (TPSA) is 96.0 Å². The van der Waals surface area contributed by atoms with Gasteiger partial charge in [0.15, 0.2) is 0 Å². The number of halogens is 2. The summed E-state index contributed by atoms with van der Waals surface area (Å²) >= 11 is 12.6. The molecule has 0 saturated carbocycles. The molecular weight excluding hydrogens is 597 g/mol. The number of nitrogens with one attached hydrogen (secondary N) is 1. The molecule has 226 valence electrons. The fourth-order valence-corrected chi connectivity index (χ4v) is 6.29. The van der Waals surface area contributed by atoms with Crippen molar-refractivity contribution in [3.8, 4) is 5.75 Å². The first-order chi connectivity index (χ1) is 20.1. The minimum absolute atomic E-state index is 0.0168. The summed E-state index contributed by atoms with van der Waals surface area (Å²) in [5.41, 5.74) is 0.855. The maximum Gasteiger partial charge on any atom is 0.264 e. The van der Waals surface area contributed by atoms with Crippen molar-refractivity contribution in [3.05, 3.63) is 88.4 Å². The second kappa shape index (κ2) is 15.8. The van der Waals surface area contributed by atoms with Crippen molar-refractivity contribution < 1.29 is 22.7 Å². The average molecular weight is 635 g/mol. The maximum absolute atomic E-state index is 14.1. The van der Waals surface area contributed by atoms with E-state index in [2.05, 4.69) is 5.32 Å². The van der Waals surface area contributed by atoms with Gasteiger partial charge in [0.05, 0.1) is 17.2 Å². The molecule has 3 rings (SSSR count). The monoisotopic (exact) mass is 633 g/mol. The zero-order chi connectivity index (χ0) is 30.7. The predicted molar refractivity (Wildman–Crippen MR) is 168 cm³/mol. The van der Waals surface area contributed by atoms with Gasteiger partial charge in [-0.2, -0.15) is 0 Å². The lowest BCUT2D eigenvalue weighted by atomic mass is 10.1. The van der Waals surface area contributed by atoms with Crippen molar-refractivity contribution in [2.45, 2.75) is 57.5 Å². The summed E-state index contributed by atoms with van der Waals surface area (Å²) in [5.74, 6) is -0.312. The normalized spacial score (nSPS) is 11.9. The molecule has 42 heavy (non-hydrogen) atoms. The SMILES string of the molecule is CCCCNC(=O)[C@@H](CC)N(Cc1ccc(Cl)cc1Cl)C(=O)CN(c1ccc(OCC)cc1)S(=O)(=O)c1ccccc1. The number of ether oxygens (including phenoxy) is 1. The van der Waals surface area contributed by atoms with Gasteiger partial charge >= 0.3 is 0 Å². The third kappa shape index (κ3) is 8.63. The fraction of sp³-hybridized carbons (Fsp3) is 0.355. The third-order valence-electron chi connectivity index (χ3n) is 6.62. The molecule has 3 aromatic rings. The predicted octanol–water partition coefficient (Wildman–Crippen LogP) is 6.31. The van der Waals surface area contributed by atoms with Gasteiger partial charge in [-0.25, -0.2) is 8.42 Å². The number of carbonyl (C=O) groups is 2. The van der Waals surface area contributed by atoms with E-state index in [1.807, 2.05) is 13.8 Å². The minimum atomic E-state index is -4.16. The molecule has 8 nitrogen and oxygen atoms in total. The summed E-state index contributed by atoms with van der Waals surface area (Å²) in [6.45, 7) is 6.03. The molecule has 0 aliphatic heterocycles. The van der Waals surface area contributed by atoms with Crippen LogP contribution in [0.4, 0.5) is 5.69 Å². The fourth-order valence-electron chi connectivity index (χ4n) is 4.38. The van der Waals surface area contributed by atoms with Gasteiger partial charge in [0, 0.05) is 23.1 Å². The van der Waals surface area contributed by atoms with E-state index >= 15 is 0 Å². The van der Waals surface area contributed by atoms with E-state index in [1.54, 1.807) is 67.6 Å². The van der Waals surface area contributed by atoms with Crippen LogP contribution in [0.15, 0.2) is 77.7 Å². The van der Waals surface area contributed by atoms with Crippen LogP contribution < -0.4 is 14.4 Å². The Labute approximate surface area is 258 Å². The molecule has 0 fully saturated rings. The molecule has 0 aromatic heterocycles. The molecule has 1 atom stereocenters. The molecule has 0 bridgehead atoms. The lowest BCUT2D eigenvalue weighted by molar-refractivity contribution is -0.140. The summed E-state index contributed by atoms with van der Waals surface area (Å²) in [6, 6.07) is 18.4. The third-order valence-corrected chi connectivity index (χ3v) is 8.99. The Kier molecular flexibility index (Phi) is 12.5. The highest BCUT2D eigenvalue weighted by atomic mass is 35.5. The summed E-state index contributed by atoms with van der Waals surface area (Å²) in [4.78, 5) is 28.8. The number of nitrogens with zero attached hydrogens (tertiary/aromatic N) is 2. The lowest BCUT2D eigenvalue weighted by Crippen LogP contribution is -2.52. The van der Waals surface area contributed by atoms with Gasteiger partial charge in [0.1, 0.15) is 18.3 Å². The minimum Gasteiger partial charge on any atom is -0.494 e. The quantitative estimate of drug-likeness (QED) is 0.198. The number of sulfonamides is 1. The molecule has 0 radical (unpaired) electrons. The first-order valence-corrected chi connectivity index (χ1v) is 16.1. The zero-order valence-corrected chi connectivity index (χ0v) is 26.4. The van der Waals surface area contributed by atoms with Crippen LogP contribution in [-0.4, -0.2) is 50.9 Å². The number of rotatable bonds is 15.